The van der Waals surface area contributed by atoms with E-state index in [1.54, 1.807) is 12.5 Å². The van der Waals surface area contributed by atoms with Gasteiger partial charge in [-0.15, -0.1) is 0 Å². The standard InChI is InChI=1S/C22H22N6O/c1-3-28-22-19(20(26-28)14-4-5-14)18(17(11-23)21(24)29-22)16-7-6-15(10-13(16)2)27-9-8-25-12-27/h6-10,12,14,18H,3-5,24H2,1-2H3. The van der Waals surface area contributed by atoms with E-state index in [9.17, 15) is 5.26 Å². The van der Waals surface area contributed by atoms with E-state index in [1.807, 2.05) is 28.4 Å². The lowest BCUT2D eigenvalue weighted by Crippen LogP contribution is -2.22. The lowest BCUT2D eigenvalue weighted by molar-refractivity contribution is 0.350. The highest BCUT2D eigenvalue weighted by Gasteiger charge is 2.41. The summed E-state index contributed by atoms with van der Waals surface area (Å²) < 4.78 is 9.75. The predicted octanol–water partition coefficient (Wildman–Crippen LogP) is 3.49. The molecule has 0 saturated heterocycles. The number of benzene rings is 1. The second-order valence-corrected chi connectivity index (χ2v) is 7.63. The average Bonchev–Trinajstić information content (AvgIpc) is 3.28. The van der Waals surface area contributed by atoms with Gasteiger partial charge in [0.1, 0.15) is 11.6 Å². The molecule has 2 aliphatic rings. The fraction of sp³-hybridized carbons (Fsp3) is 0.318. The molecule has 146 valence electrons. The predicted molar refractivity (Wildman–Crippen MR) is 107 cm³/mol. The highest BCUT2D eigenvalue weighted by atomic mass is 16.5. The number of nitrogens with two attached hydrogens (primary N) is 1. The molecule has 3 heterocycles. The Balaban J connectivity index is 1.70. The minimum absolute atomic E-state index is 0.167. The molecule has 2 aromatic heterocycles. The van der Waals surface area contributed by atoms with Crippen molar-refractivity contribution < 1.29 is 4.74 Å². The van der Waals surface area contributed by atoms with Crippen molar-refractivity contribution in [2.75, 3.05) is 0 Å². The molecule has 7 heteroatoms. The number of allylic oxidation sites excluding steroid dienone is 1. The first-order valence-electron chi connectivity index (χ1n) is 9.89. The van der Waals surface area contributed by atoms with Gasteiger partial charge in [0, 0.05) is 30.5 Å². The van der Waals surface area contributed by atoms with Crippen LogP contribution in [0.3, 0.4) is 0 Å². The smallest absolute Gasteiger partial charge is 0.224 e. The summed E-state index contributed by atoms with van der Waals surface area (Å²) in [6.07, 6.45) is 7.69. The molecule has 1 unspecified atom stereocenters. The number of hydrogen-bond donors (Lipinski definition) is 1. The van der Waals surface area contributed by atoms with Gasteiger partial charge in [-0.3, -0.25) is 0 Å². The van der Waals surface area contributed by atoms with Gasteiger partial charge < -0.3 is 15.0 Å². The molecule has 1 aliphatic heterocycles. The molecule has 1 atom stereocenters. The van der Waals surface area contributed by atoms with E-state index in [0.29, 0.717) is 23.9 Å². The molecule has 0 radical (unpaired) electrons. The fourth-order valence-electron chi connectivity index (χ4n) is 4.16. The summed E-state index contributed by atoms with van der Waals surface area (Å²) in [4.78, 5) is 4.12. The van der Waals surface area contributed by atoms with Crippen LogP contribution < -0.4 is 10.5 Å². The Morgan fingerprint density at radius 1 is 1.34 bits per heavy atom. The maximum atomic E-state index is 9.92. The molecule has 1 fully saturated rings. The second-order valence-electron chi connectivity index (χ2n) is 7.63. The lowest BCUT2D eigenvalue weighted by Gasteiger charge is -2.26. The number of ether oxygens (including phenoxy) is 1. The Bertz CT molecular complexity index is 1160. The number of aromatic nitrogens is 4. The van der Waals surface area contributed by atoms with Gasteiger partial charge in [0.25, 0.3) is 0 Å². The van der Waals surface area contributed by atoms with E-state index in [0.717, 1.165) is 40.9 Å². The van der Waals surface area contributed by atoms with Crippen molar-refractivity contribution in [3.05, 3.63) is 70.8 Å². The Morgan fingerprint density at radius 3 is 2.79 bits per heavy atom. The molecule has 1 aliphatic carbocycles. The number of fused-ring (bicyclic) bond motifs is 1. The van der Waals surface area contributed by atoms with Crippen LogP contribution in [-0.4, -0.2) is 19.3 Å². The van der Waals surface area contributed by atoms with Crippen LogP contribution in [0.2, 0.25) is 0 Å². The number of rotatable bonds is 4. The van der Waals surface area contributed by atoms with Gasteiger partial charge in [-0.25, -0.2) is 9.67 Å². The number of imidazole rings is 1. The second kappa shape index (κ2) is 6.52. The van der Waals surface area contributed by atoms with Crippen LogP contribution in [0.1, 0.15) is 54.0 Å². The van der Waals surface area contributed by atoms with Crippen molar-refractivity contribution in [3.8, 4) is 17.6 Å². The first-order chi connectivity index (χ1) is 14.1. The summed E-state index contributed by atoms with van der Waals surface area (Å²) in [5, 5.41) is 14.7. The summed E-state index contributed by atoms with van der Waals surface area (Å²) in [6.45, 7) is 4.79. The van der Waals surface area contributed by atoms with Crippen LogP contribution in [0, 0.1) is 18.3 Å². The van der Waals surface area contributed by atoms with E-state index >= 15 is 0 Å². The third-order valence-electron chi connectivity index (χ3n) is 5.77. The molecule has 3 aromatic rings. The van der Waals surface area contributed by atoms with Crippen molar-refractivity contribution in [2.45, 2.75) is 45.1 Å². The molecule has 2 N–H and O–H groups in total. The zero-order valence-electron chi connectivity index (χ0n) is 16.5. The zero-order valence-corrected chi connectivity index (χ0v) is 16.5. The van der Waals surface area contributed by atoms with E-state index in [-0.39, 0.29) is 11.8 Å². The summed E-state index contributed by atoms with van der Waals surface area (Å²) in [5.41, 5.74) is 11.9. The minimum atomic E-state index is -0.267. The number of nitriles is 1. The van der Waals surface area contributed by atoms with Crippen LogP contribution in [0.4, 0.5) is 0 Å². The topological polar surface area (TPSA) is 94.7 Å². The van der Waals surface area contributed by atoms with Gasteiger partial charge in [-0.05, 0) is 49.9 Å². The molecule has 29 heavy (non-hydrogen) atoms. The van der Waals surface area contributed by atoms with Crippen LogP contribution in [-0.2, 0) is 6.54 Å². The quantitative estimate of drug-likeness (QED) is 0.741. The largest absolute Gasteiger partial charge is 0.422 e. The molecule has 5 rings (SSSR count). The van der Waals surface area contributed by atoms with Gasteiger partial charge in [-0.1, -0.05) is 6.07 Å². The van der Waals surface area contributed by atoms with Crippen molar-refractivity contribution >= 4 is 0 Å². The van der Waals surface area contributed by atoms with Gasteiger partial charge in [-0.2, -0.15) is 10.4 Å². The van der Waals surface area contributed by atoms with Crippen molar-refractivity contribution in [2.24, 2.45) is 5.73 Å². The first-order valence-corrected chi connectivity index (χ1v) is 9.89. The Hall–Kier alpha value is -3.53. The van der Waals surface area contributed by atoms with Crippen LogP contribution in [0.15, 0.2) is 48.4 Å². The summed E-state index contributed by atoms with van der Waals surface area (Å²) in [6, 6.07) is 8.54. The number of nitrogens with zero attached hydrogens (tertiary/aromatic N) is 5. The monoisotopic (exact) mass is 386 g/mol. The highest BCUT2D eigenvalue weighted by molar-refractivity contribution is 5.59. The van der Waals surface area contributed by atoms with Crippen molar-refractivity contribution in [1.82, 2.24) is 19.3 Å². The lowest BCUT2D eigenvalue weighted by atomic mass is 9.81. The van der Waals surface area contributed by atoms with Crippen LogP contribution >= 0.6 is 0 Å². The zero-order chi connectivity index (χ0) is 20.1. The number of hydrogen-bond acceptors (Lipinski definition) is 5. The SMILES string of the molecule is CCn1nc(C2CC2)c2c1OC(N)=C(C#N)C2c1ccc(-n2ccnc2)cc1C. The third kappa shape index (κ3) is 2.71. The average molecular weight is 386 g/mol. The highest BCUT2D eigenvalue weighted by Crippen LogP contribution is 2.51. The summed E-state index contributed by atoms with van der Waals surface area (Å²) >= 11 is 0. The molecule has 0 spiro atoms. The van der Waals surface area contributed by atoms with Gasteiger partial charge in [0.15, 0.2) is 0 Å². The summed E-state index contributed by atoms with van der Waals surface area (Å²) in [7, 11) is 0. The normalized spacial score (nSPS) is 18.3. The maximum absolute atomic E-state index is 9.92. The number of aryl methyl sites for hydroxylation is 2. The van der Waals surface area contributed by atoms with Gasteiger partial charge >= 0.3 is 0 Å². The minimum Gasteiger partial charge on any atom is -0.422 e. The molecule has 1 saturated carbocycles. The summed E-state index contributed by atoms with van der Waals surface area (Å²) in [5.74, 6) is 1.01. The first kappa shape index (κ1) is 17.6. The maximum Gasteiger partial charge on any atom is 0.224 e. The van der Waals surface area contributed by atoms with E-state index in [2.05, 4.69) is 30.1 Å². The third-order valence-corrected chi connectivity index (χ3v) is 5.77. The van der Waals surface area contributed by atoms with Crippen molar-refractivity contribution in [3.63, 3.8) is 0 Å². The molecule has 1 aromatic carbocycles. The Labute approximate surface area is 169 Å². The van der Waals surface area contributed by atoms with Gasteiger partial charge in [0.05, 0.1) is 23.5 Å². The molecule has 0 amide bonds. The van der Waals surface area contributed by atoms with E-state index < -0.39 is 0 Å². The Kier molecular flexibility index (Phi) is 3.95. The van der Waals surface area contributed by atoms with Gasteiger partial charge in [0.2, 0.25) is 11.8 Å². The molecule has 0 bridgehead atoms. The van der Waals surface area contributed by atoms with Crippen LogP contribution in [0.5, 0.6) is 5.88 Å². The van der Waals surface area contributed by atoms with Crippen LogP contribution in [0.25, 0.3) is 5.69 Å². The van der Waals surface area contributed by atoms with E-state index in [1.165, 1.54) is 0 Å². The molecular formula is C22H22N6O. The Morgan fingerprint density at radius 2 is 2.17 bits per heavy atom. The molecule has 7 nitrogen and oxygen atoms in total. The van der Waals surface area contributed by atoms with E-state index in [4.69, 9.17) is 15.6 Å². The van der Waals surface area contributed by atoms with Crippen molar-refractivity contribution in [1.29, 1.82) is 5.26 Å². The fourth-order valence-corrected chi connectivity index (χ4v) is 4.16. The molecular weight excluding hydrogens is 364 g/mol.